The highest BCUT2D eigenvalue weighted by molar-refractivity contribution is 5.78. The molecule has 1 aromatic carbocycles. The monoisotopic (exact) mass is 336 g/mol. The van der Waals surface area contributed by atoms with Gasteiger partial charge in [0.2, 0.25) is 5.91 Å². The fraction of sp³-hybridized carbons (Fsp3) is 0.611. The third-order valence-electron chi connectivity index (χ3n) is 4.81. The second kappa shape index (κ2) is 8.55. The van der Waals surface area contributed by atoms with E-state index in [0.29, 0.717) is 12.5 Å². The average molecular weight is 336 g/mol. The molecule has 0 radical (unpaired) electrons. The van der Waals surface area contributed by atoms with Crippen LogP contribution in [0.3, 0.4) is 0 Å². The molecule has 3 rings (SSSR count). The van der Waals surface area contributed by atoms with Gasteiger partial charge in [0.05, 0.1) is 26.2 Å². The molecule has 1 N–H and O–H groups in total. The lowest BCUT2D eigenvalue weighted by Crippen LogP contribution is -2.52. The molecule has 6 heteroatoms. The van der Waals surface area contributed by atoms with Gasteiger partial charge in [-0.2, -0.15) is 0 Å². The SMILES string of the molecule is O=C(Cc1ccc(F)cc1)NC[C@H]([C@@H]1CCOC1)N1CCOCC1. The first-order valence-electron chi connectivity index (χ1n) is 8.63. The molecule has 0 saturated carbocycles. The maximum absolute atomic E-state index is 12.9. The van der Waals surface area contributed by atoms with E-state index in [9.17, 15) is 9.18 Å². The summed E-state index contributed by atoms with van der Waals surface area (Å²) in [5.74, 6) is 0.140. The van der Waals surface area contributed by atoms with Gasteiger partial charge in [-0.05, 0) is 24.1 Å². The molecule has 1 aromatic rings. The Kier molecular flexibility index (Phi) is 6.18. The van der Waals surface area contributed by atoms with Crippen LogP contribution in [0.2, 0.25) is 0 Å². The van der Waals surface area contributed by atoms with Gasteiger partial charge >= 0.3 is 0 Å². The number of carbonyl (C=O) groups excluding carboxylic acids is 1. The number of ether oxygens (including phenoxy) is 2. The van der Waals surface area contributed by atoms with E-state index in [2.05, 4.69) is 10.2 Å². The normalized spacial score (nSPS) is 23.1. The van der Waals surface area contributed by atoms with Crippen LogP contribution in [0, 0.1) is 11.7 Å². The van der Waals surface area contributed by atoms with Crippen molar-refractivity contribution >= 4 is 5.91 Å². The third-order valence-corrected chi connectivity index (χ3v) is 4.81. The second-order valence-electron chi connectivity index (χ2n) is 6.45. The van der Waals surface area contributed by atoms with Crippen LogP contribution in [0.5, 0.6) is 0 Å². The van der Waals surface area contributed by atoms with Crippen LogP contribution in [0.1, 0.15) is 12.0 Å². The first-order valence-corrected chi connectivity index (χ1v) is 8.63. The Hall–Kier alpha value is -1.50. The molecule has 2 fully saturated rings. The lowest BCUT2D eigenvalue weighted by atomic mass is 9.96. The van der Waals surface area contributed by atoms with Crippen LogP contribution in [0.25, 0.3) is 0 Å². The summed E-state index contributed by atoms with van der Waals surface area (Å²) < 4.78 is 23.9. The van der Waals surface area contributed by atoms with E-state index in [1.807, 2.05) is 0 Å². The zero-order valence-corrected chi connectivity index (χ0v) is 13.9. The van der Waals surface area contributed by atoms with E-state index in [1.165, 1.54) is 12.1 Å². The lowest BCUT2D eigenvalue weighted by molar-refractivity contribution is -0.120. The Bertz CT molecular complexity index is 526. The number of carbonyl (C=O) groups is 1. The average Bonchev–Trinajstić information content (AvgIpc) is 3.12. The van der Waals surface area contributed by atoms with E-state index in [1.54, 1.807) is 12.1 Å². The highest BCUT2D eigenvalue weighted by Gasteiger charge is 2.31. The summed E-state index contributed by atoms with van der Waals surface area (Å²) in [6.07, 6.45) is 1.31. The molecule has 2 atom stereocenters. The van der Waals surface area contributed by atoms with Crippen molar-refractivity contribution in [2.75, 3.05) is 46.1 Å². The van der Waals surface area contributed by atoms with Crippen molar-refractivity contribution in [1.82, 2.24) is 10.2 Å². The molecule has 0 aliphatic carbocycles. The lowest BCUT2D eigenvalue weighted by Gasteiger charge is -2.37. The highest BCUT2D eigenvalue weighted by atomic mass is 19.1. The van der Waals surface area contributed by atoms with Gasteiger partial charge in [0.1, 0.15) is 5.82 Å². The molecule has 2 aliphatic heterocycles. The van der Waals surface area contributed by atoms with Crippen LogP contribution in [0.4, 0.5) is 4.39 Å². The predicted octanol–water partition coefficient (Wildman–Crippen LogP) is 1.22. The second-order valence-corrected chi connectivity index (χ2v) is 6.45. The van der Waals surface area contributed by atoms with Crippen molar-refractivity contribution in [3.63, 3.8) is 0 Å². The van der Waals surface area contributed by atoms with Crippen LogP contribution < -0.4 is 5.32 Å². The highest BCUT2D eigenvalue weighted by Crippen LogP contribution is 2.21. The summed E-state index contributed by atoms with van der Waals surface area (Å²) in [5, 5.41) is 3.05. The molecule has 0 bridgehead atoms. The third kappa shape index (κ3) is 4.75. The van der Waals surface area contributed by atoms with Crippen LogP contribution in [-0.2, 0) is 20.7 Å². The minimum atomic E-state index is -0.284. The number of nitrogens with zero attached hydrogens (tertiary/aromatic N) is 1. The van der Waals surface area contributed by atoms with E-state index >= 15 is 0 Å². The molecule has 0 spiro atoms. The van der Waals surface area contributed by atoms with Crippen molar-refractivity contribution < 1.29 is 18.7 Å². The number of rotatable bonds is 6. The number of hydrogen-bond donors (Lipinski definition) is 1. The summed E-state index contributed by atoms with van der Waals surface area (Å²) in [7, 11) is 0. The van der Waals surface area contributed by atoms with Crippen molar-refractivity contribution in [2.24, 2.45) is 5.92 Å². The number of amides is 1. The predicted molar refractivity (Wildman–Crippen MR) is 88.2 cm³/mol. The fourth-order valence-electron chi connectivity index (χ4n) is 3.43. The Morgan fingerprint density at radius 3 is 2.62 bits per heavy atom. The van der Waals surface area contributed by atoms with Crippen LogP contribution in [-0.4, -0.2) is 62.9 Å². The Morgan fingerprint density at radius 1 is 1.21 bits per heavy atom. The summed E-state index contributed by atoms with van der Waals surface area (Å²) in [5.41, 5.74) is 0.820. The Balaban J connectivity index is 1.53. The molecule has 5 nitrogen and oxygen atoms in total. The number of morpholine rings is 1. The molecule has 2 saturated heterocycles. The topological polar surface area (TPSA) is 50.8 Å². The number of halogens is 1. The Labute approximate surface area is 142 Å². The van der Waals surface area contributed by atoms with Gasteiger partial charge in [-0.25, -0.2) is 4.39 Å². The fourth-order valence-corrected chi connectivity index (χ4v) is 3.43. The Morgan fingerprint density at radius 2 is 1.96 bits per heavy atom. The minimum absolute atomic E-state index is 0.0289. The van der Waals surface area contributed by atoms with Gasteiger partial charge in [-0.3, -0.25) is 9.69 Å². The molecule has 2 aliphatic rings. The van der Waals surface area contributed by atoms with E-state index in [-0.39, 0.29) is 24.2 Å². The molecule has 1 amide bonds. The van der Waals surface area contributed by atoms with Crippen molar-refractivity contribution in [2.45, 2.75) is 18.9 Å². The first kappa shape index (κ1) is 17.3. The van der Waals surface area contributed by atoms with E-state index < -0.39 is 0 Å². The zero-order chi connectivity index (χ0) is 16.8. The zero-order valence-electron chi connectivity index (χ0n) is 13.9. The summed E-state index contributed by atoms with van der Waals surface area (Å²) in [6, 6.07) is 6.36. The first-order chi connectivity index (χ1) is 11.7. The molecule has 0 aromatic heterocycles. The van der Waals surface area contributed by atoms with Gasteiger partial charge in [0.15, 0.2) is 0 Å². The molecule has 24 heavy (non-hydrogen) atoms. The molecular formula is C18H25FN2O3. The van der Waals surface area contributed by atoms with Crippen molar-refractivity contribution in [3.05, 3.63) is 35.6 Å². The standard InChI is InChI=1S/C18H25FN2O3/c19-16-3-1-14(2-4-16)11-18(22)20-12-17(15-5-8-24-13-15)21-6-9-23-10-7-21/h1-4,15,17H,5-13H2,(H,20,22)/t15-,17-/m1/s1. The van der Waals surface area contributed by atoms with Crippen LogP contribution >= 0.6 is 0 Å². The summed E-state index contributed by atoms with van der Waals surface area (Å²) >= 11 is 0. The van der Waals surface area contributed by atoms with Crippen molar-refractivity contribution in [1.29, 1.82) is 0 Å². The molecule has 0 unspecified atom stereocenters. The van der Waals surface area contributed by atoms with Gasteiger partial charge in [-0.15, -0.1) is 0 Å². The maximum atomic E-state index is 12.9. The van der Waals surface area contributed by atoms with Gasteiger partial charge in [-0.1, -0.05) is 12.1 Å². The van der Waals surface area contributed by atoms with Gasteiger partial charge < -0.3 is 14.8 Å². The summed E-state index contributed by atoms with van der Waals surface area (Å²) in [4.78, 5) is 14.6. The quantitative estimate of drug-likeness (QED) is 0.849. The smallest absolute Gasteiger partial charge is 0.224 e. The minimum Gasteiger partial charge on any atom is -0.381 e. The van der Waals surface area contributed by atoms with Gasteiger partial charge in [0.25, 0.3) is 0 Å². The number of nitrogens with one attached hydrogen (secondary N) is 1. The molecular weight excluding hydrogens is 311 g/mol. The van der Waals surface area contributed by atoms with Crippen LogP contribution in [0.15, 0.2) is 24.3 Å². The number of benzene rings is 1. The van der Waals surface area contributed by atoms with Crippen molar-refractivity contribution in [3.8, 4) is 0 Å². The molecule has 132 valence electrons. The summed E-state index contributed by atoms with van der Waals surface area (Å²) in [6.45, 7) is 5.46. The van der Waals surface area contributed by atoms with E-state index in [0.717, 1.165) is 51.5 Å². The van der Waals surface area contributed by atoms with E-state index in [4.69, 9.17) is 9.47 Å². The number of hydrogen-bond acceptors (Lipinski definition) is 4. The maximum Gasteiger partial charge on any atom is 0.224 e. The van der Waals surface area contributed by atoms with Gasteiger partial charge in [0, 0.05) is 38.2 Å². The molecule has 2 heterocycles. The largest absolute Gasteiger partial charge is 0.381 e.